The minimum absolute atomic E-state index is 0.373. The highest BCUT2D eigenvalue weighted by Gasteiger charge is 2.19. The Labute approximate surface area is 167 Å². The van der Waals surface area contributed by atoms with E-state index in [4.69, 9.17) is 0 Å². The second-order valence-electron chi connectivity index (χ2n) is 7.73. The minimum Gasteiger partial charge on any atom is -0.263 e. The van der Waals surface area contributed by atoms with Crippen molar-refractivity contribution in [2.24, 2.45) is 4.99 Å². The molecule has 27 heavy (non-hydrogen) atoms. The maximum Gasteiger partial charge on any atom is 0.0377 e. The number of aliphatic imine (C=N–C) groups is 1. The van der Waals surface area contributed by atoms with Gasteiger partial charge in [0, 0.05) is 17.3 Å². The normalized spacial score (nSPS) is 13.6. The van der Waals surface area contributed by atoms with Gasteiger partial charge in [-0.2, -0.15) is 0 Å². The molecule has 0 saturated heterocycles. The largest absolute Gasteiger partial charge is 0.263 e. The molecule has 0 spiro atoms. The van der Waals surface area contributed by atoms with Crippen LogP contribution in [0.3, 0.4) is 0 Å². The van der Waals surface area contributed by atoms with Gasteiger partial charge in [0.05, 0.1) is 0 Å². The third kappa shape index (κ3) is 6.82. The van der Waals surface area contributed by atoms with Crippen LogP contribution in [-0.4, -0.2) is 5.71 Å². The molecule has 0 heterocycles. The first-order valence-corrected chi connectivity index (χ1v) is 10.0. The van der Waals surface area contributed by atoms with E-state index in [1.54, 1.807) is 0 Å². The maximum absolute atomic E-state index is 4.55. The summed E-state index contributed by atoms with van der Waals surface area (Å²) >= 11 is 0. The van der Waals surface area contributed by atoms with Gasteiger partial charge in [0.1, 0.15) is 0 Å². The van der Waals surface area contributed by atoms with Gasteiger partial charge in [-0.15, -0.1) is 0 Å². The van der Waals surface area contributed by atoms with Gasteiger partial charge in [0.2, 0.25) is 0 Å². The first kappa shape index (κ1) is 22.9. The van der Waals surface area contributed by atoms with Crippen LogP contribution in [0.25, 0.3) is 5.57 Å². The van der Waals surface area contributed by atoms with E-state index in [1.807, 2.05) is 20.8 Å². The van der Waals surface area contributed by atoms with Crippen LogP contribution in [-0.2, 0) is 0 Å². The summed E-state index contributed by atoms with van der Waals surface area (Å²) < 4.78 is 0. The van der Waals surface area contributed by atoms with Crippen molar-refractivity contribution in [3.8, 4) is 0 Å². The lowest BCUT2D eigenvalue weighted by Crippen LogP contribution is -2.06. The second kappa shape index (κ2) is 10.9. The summed E-state index contributed by atoms with van der Waals surface area (Å²) in [7, 11) is 0. The van der Waals surface area contributed by atoms with Crippen LogP contribution in [0, 0.1) is 0 Å². The third-order valence-electron chi connectivity index (χ3n) is 4.72. The fourth-order valence-corrected chi connectivity index (χ4v) is 3.45. The Balaban J connectivity index is 3.51. The van der Waals surface area contributed by atoms with Crippen molar-refractivity contribution >= 4 is 11.3 Å². The van der Waals surface area contributed by atoms with Crippen molar-refractivity contribution in [2.45, 2.75) is 74.1 Å². The lowest BCUT2D eigenvalue weighted by atomic mass is 9.81. The molecular formula is C26H37N. The number of nitrogens with zero attached hydrogens (tertiary/aromatic N) is 1. The zero-order chi connectivity index (χ0) is 20.6. The molecule has 1 heteroatoms. The highest BCUT2D eigenvalue weighted by molar-refractivity contribution is 5.81. The van der Waals surface area contributed by atoms with E-state index < -0.39 is 0 Å². The standard InChI is InChI=1S/C26H37N/c1-10-20(7)26(16-18(3)4)23(11-2)25-15-13-12-14-24(25)21(8)17-22(9)27-19(5)6/h12-17,23H,8,10-11H2,1-7,9H3/b22-17-,26-20-/t23-/m0/s1. The molecule has 1 aromatic rings. The summed E-state index contributed by atoms with van der Waals surface area (Å²) in [5.74, 6) is 0.373. The zero-order valence-corrected chi connectivity index (χ0v) is 18.6. The van der Waals surface area contributed by atoms with E-state index in [2.05, 4.69) is 82.6 Å². The number of hydrogen-bond acceptors (Lipinski definition) is 1. The number of allylic oxidation sites excluding steroid dienone is 7. The van der Waals surface area contributed by atoms with Gasteiger partial charge in [0.25, 0.3) is 0 Å². The summed E-state index contributed by atoms with van der Waals surface area (Å²) in [5.41, 5.74) is 9.90. The first-order chi connectivity index (χ1) is 12.7. The Morgan fingerprint density at radius 2 is 1.63 bits per heavy atom. The van der Waals surface area contributed by atoms with E-state index in [-0.39, 0.29) is 0 Å². The van der Waals surface area contributed by atoms with Gasteiger partial charge < -0.3 is 0 Å². The molecule has 0 amide bonds. The first-order valence-electron chi connectivity index (χ1n) is 10.0. The molecule has 0 aliphatic carbocycles. The molecule has 1 nitrogen and oxygen atoms in total. The molecule has 0 radical (unpaired) electrons. The average Bonchev–Trinajstić information content (AvgIpc) is 2.60. The highest BCUT2D eigenvalue weighted by Crippen LogP contribution is 2.36. The van der Waals surface area contributed by atoms with Gasteiger partial charge in [-0.05, 0) is 82.7 Å². The van der Waals surface area contributed by atoms with Crippen molar-refractivity contribution in [2.75, 3.05) is 0 Å². The van der Waals surface area contributed by atoms with E-state index in [1.165, 1.54) is 27.8 Å². The molecule has 0 saturated carbocycles. The lowest BCUT2D eigenvalue weighted by Gasteiger charge is -2.23. The molecule has 1 atom stereocenters. The predicted octanol–water partition coefficient (Wildman–Crippen LogP) is 8.27. The molecular weight excluding hydrogens is 326 g/mol. The Kier molecular flexibility index (Phi) is 9.21. The van der Waals surface area contributed by atoms with Gasteiger partial charge in [0.15, 0.2) is 0 Å². The highest BCUT2D eigenvalue weighted by atomic mass is 14.7. The lowest BCUT2D eigenvalue weighted by molar-refractivity contribution is 0.757. The minimum atomic E-state index is 0.373. The Morgan fingerprint density at radius 3 is 2.15 bits per heavy atom. The van der Waals surface area contributed by atoms with Crippen LogP contribution >= 0.6 is 0 Å². The van der Waals surface area contributed by atoms with Crippen LogP contribution in [0.15, 0.2) is 70.4 Å². The van der Waals surface area contributed by atoms with Gasteiger partial charge in [-0.25, -0.2) is 0 Å². The van der Waals surface area contributed by atoms with E-state index in [0.29, 0.717) is 5.92 Å². The van der Waals surface area contributed by atoms with Gasteiger partial charge in [-0.3, -0.25) is 4.99 Å². The van der Waals surface area contributed by atoms with E-state index in [0.717, 1.165) is 29.8 Å². The molecule has 0 aliphatic rings. The average molecular weight is 364 g/mol. The summed E-state index contributed by atoms with van der Waals surface area (Å²) in [6.45, 7) is 21.6. The Hall–Kier alpha value is -2.15. The fraction of sp³-hybridized carbons (Fsp3) is 0.423. The Bertz CT molecular complexity index is 776. The van der Waals surface area contributed by atoms with Crippen LogP contribution in [0.2, 0.25) is 0 Å². The molecule has 0 aromatic heterocycles. The second-order valence-corrected chi connectivity index (χ2v) is 7.73. The number of rotatable bonds is 8. The van der Waals surface area contributed by atoms with Crippen LogP contribution in [0.1, 0.15) is 85.3 Å². The van der Waals surface area contributed by atoms with Crippen molar-refractivity contribution in [1.29, 1.82) is 0 Å². The Morgan fingerprint density at radius 1 is 1.00 bits per heavy atom. The molecule has 0 bridgehead atoms. The number of benzene rings is 1. The third-order valence-corrected chi connectivity index (χ3v) is 4.72. The molecule has 0 fully saturated rings. The van der Waals surface area contributed by atoms with E-state index in [9.17, 15) is 0 Å². The molecule has 1 rings (SSSR count). The fourth-order valence-electron chi connectivity index (χ4n) is 3.45. The van der Waals surface area contributed by atoms with E-state index >= 15 is 0 Å². The van der Waals surface area contributed by atoms with Crippen LogP contribution < -0.4 is 0 Å². The molecule has 0 aliphatic heterocycles. The smallest absolute Gasteiger partial charge is 0.0377 e. The SMILES string of the molecule is C=C(/C=C(/C)N=C(C)C)c1ccccc1[C@H](CC)/C(C=C(C)C)=C(/C)CC. The molecule has 0 N–H and O–H groups in total. The van der Waals surface area contributed by atoms with Gasteiger partial charge >= 0.3 is 0 Å². The number of hydrogen-bond donors (Lipinski definition) is 0. The van der Waals surface area contributed by atoms with Crippen LogP contribution in [0.4, 0.5) is 0 Å². The quantitative estimate of drug-likeness (QED) is 0.325. The summed E-state index contributed by atoms with van der Waals surface area (Å²) in [5, 5.41) is 0. The van der Waals surface area contributed by atoms with Crippen molar-refractivity contribution in [3.05, 3.63) is 76.5 Å². The topological polar surface area (TPSA) is 12.4 Å². The van der Waals surface area contributed by atoms with Gasteiger partial charge in [-0.1, -0.05) is 61.9 Å². The summed E-state index contributed by atoms with van der Waals surface area (Å²) in [6, 6.07) is 8.69. The van der Waals surface area contributed by atoms with Crippen LogP contribution in [0.5, 0.6) is 0 Å². The predicted molar refractivity (Wildman–Crippen MR) is 123 cm³/mol. The summed E-state index contributed by atoms with van der Waals surface area (Å²) in [6.07, 6.45) is 6.59. The van der Waals surface area contributed by atoms with Crippen molar-refractivity contribution in [1.82, 2.24) is 0 Å². The molecule has 0 unspecified atom stereocenters. The zero-order valence-electron chi connectivity index (χ0n) is 18.6. The molecule has 1 aromatic carbocycles. The summed E-state index contributed by atoms with van der Waals surface area (Å²) in [4.78, 5) is 4.55. The van der Waals surface area contributed by atoms with Crippen molar-refractivity contribution < 1.29 is 0 Å². The molecule has 146 valence electrons. The monoisotopic (exact) mass is 363 g/mol. The maximum atomic E-state index is 4.55. The van der Waals surface area contributed by atoms with Crippen molar-refractivity contribution in [3.63, 3.8) is 0 Å².